The van der Waals surface area contributed by atoms with Gasteiger partial charge in [-0.2, -0.15) is 0 Å². The van der Waals surface area contributed by atoms with Crippen LogP contribution in [-0.4, -0.2) is 10.9 Å². The summed E-state index contributed by atoms with van der Waals surface area (Å²) in [6.45, 7) is 7.04. The molecule has 24 heavy (non-hydrogen) atoms. The Morgan fingerprint density at radius 3 is 2.88 bits per heavy atom. The summed E-state index contributed by atoms with van der Waals surface area (Å²) < 4.78 is 0. The van der Waals surface area contributed by atoms with Gasteiger partial charge in [-0.25, -0.2) is 0 Å². The standard InChI is InChI=1S/C19H25N3OS/c1-4-19(2,3)11-7-8-12-14(10-11)24-18-15(12)17(23)21-16(22-18)13-6-5-9-20-13/h5-6,9,11,16,20,22H,4,7-8,10H2,1-3H3,(H,21,23)/t11-,16-/m0/s1. The Morgan fingerprint density at radius 2 is 2.17 bits per heavy atom. The van der Waals surface area contributed by atoms with Gasteiger partial charge in [0.15, 0.2) is 0 Å². The number of nitrogens with one attached hydrogen (secondary N) is 3. The van der Waals surface area contributed by atoms with Gasteiger partial charge in [-0.15, -0.1) is 11.3 Å². The molecule has 2 aromatic rings. The average molecular weight is 343 g/mol. The summed E-state index contributed by atoms with van der Waals surface area (Å²) in [6, 6.07) is 3.95. The number of amides is 1. The maximum atomic E-state index is 12.7. The first-order valence-electron chi connectivity index (χ1n) is 8.85. The van der Waals surface area contributed by atoms with Gasteiger partial charge in [0.25, 0.3) is 5.91 Å². The van der Waals surface area contributed by atoms with Gasteiger partial charge >= 0.3 is 0 Å². The number of aromatic nitrogens is 1. The van der Waals surface area contributed by atoms with Gasteiger partial charge in [-0.1, -0.05) is 27.2 Å². The summed E-state index contributed by atoms with van der Waals surface area (Å²) >= 11 is 1.79. The predicted octanol–water partition coefficient (Wildman–Crippen LogP) is 4.47. The van der Waals surface area contributed by atoms with Crippen LogP contribution in [0.4, 0.5) is 5.00 Å². The van der Waals surface area contributed by atoms with Gasteiger partial charge in [0, 0.05) is 11.1 Å². The molecule has 4 rings (SSSR count). The first-order chi connectivity index (χ1) is 11.5. The first kappa shape index (κ1) is 15.8. The summed E-state index contributed by atoms with van der Waals surface area (Å²) in [4.78, 5) is 17.3. The molecule has 1 aliphatic carbocycles. The summed E-state index contributed by atoms with van der Waals surface area (Å²) in [5, 5.41) is 7.64. The molecule has 2 aliphatic rings. The molecule has 128 valence electrons. The number of hydrogen-bond acceptors (Lipinski definition) is 3. The molecule has 1 amide bonds. The van der Waals surface area contributed by atoms with Crippen molar-refractivity contribution in [3.63, 3.8) is 0 Å². The number of rotatable bonds is 3. The van der Waals surface area contributed by atoms with Crippen LogP contribution in [0.5, 0.6) is 0 Å². The zero-order valence-corrected chi connectivity index (χ0v) is 15.3. The van der Waals surface area contributed by atoms with E-state index < -0.39 is 0 Å². The minimum absolute atomic E-state index is 0.0639. The van der Waals surface area contributed by atoms with E-state index in [-0.39, 0.29) is 12.1 Å². The van der Waals surface area contributed by atoms with E-state index >= 15 is 0 Å². The highest BCUT2D eigenvalue weighted by Gasteiger charge is 2.37. The van der Waals surface area contributed by atoms with E-state index in [2.05, 4.69) is 36.4 Å². The molecule has 0 spiro atoms. The number of aromatic amines is 1. The van der Waals surface area contributed by atoms with Gasteiger partial charge < -0.3 is 15.6 Å². The summed E-state index contributed by atoms with van der Waals surface area (Å²) in [6.07, 6.45) is 6.24. The predicted molar refractivity (Wildman–Crippen MR) is 98.5 cm³/mol. The van der Waals surface area contributed by atoms with Crippen molar-refractivity contribution in [2.45, 2.75) is 52.6 Å². The molecule has 1 aliphatic heterocycles. The van der Waals surface area contributed by atoms with E-state index in [4.69, 9.17) is 0 Å². The highest BCUT2D eigenvalue weighted by Crippen LogP contribution is 2.46. The van der Waals surface area contributed by atoms with Crippen LogP contribution >= 0.6 is 11.3 Å². The van der Waals surface area contributed by atoms with Gasteiger partial charge in [-0.3, -0.25) is 4.79 Å². The number of hydrogen-bond donors (Lipinski definition) is 3. The molecule has 2 aromatic heterocycles. The summed E-state index contributed by atoms with van der Waals surface area (Å²) in [5.41, 5.74) is 3.54. The Bertz CT molecular complexity index is 760. The smallest absolute Gasteiger partial charge is 0.256 e. The second-order valence-corrected chi connectivity index (χ2v) is 8.77. The number of fused-ring (bicyclic) bond motifs is 3. The molecule has 5 heteroatoms. The van der Waals surface area contributed by atoms with Crippen LogP contribution in [0.25, 0.3) is 0 Å². The van der Waals surface area contributed by atoms with E-state index in [9.17, 15) is 4.79 Å². The lowest BCUT2D eigenvalue weighted by atomic mass is 9.69. The van der Waals surface area contributed by atoms with E-state index in [1.807, 2.05) is 18.3 Å². The number of thiophene rings is 1. The van der Waals surface area contributed by atoms with Crippen LogP contribution in [0.3, 0.4) is 0 Å². The lowest BCUT2D eigenvalue weighted by Gasteiger charge is -2.36. The lowest BCUT2D eigenvalue weighted by Crippen LogP contribution is -2.38. The highest BCUT2D eigenvalue weighted by molar-refractivity contribution is 7.16. The molecule has 0 fully saturated rings. The van der Waals surface area contributed by atoms with Gasteiger partial charge in [0.1, 0.15) is 11.2 Å². The van der Waals surface area contributed by atoms with Gasteiger partial charge in [0.2, 0.25) is 0 Å². The zero-order valence-electron chi connectivity index (χ0n) is 14.5. The number of carbonyl (C=O) groups is 1. The molecule has 0 saturated heterocycles. The normalized spacial score (nSPS) is 23.2. The highest BCUT2D eigenvalue weighted by atomic mass is 32.1. The van der Waals surface area contributed by atoms with Crippen LogP contribution in [0.2, 0.25) is 0 Å². The van der Waals surface area contributed by atoms with Crippen molar-refractivity contribution in [3.05, 3.63) is 40.0 Å². The first-order valence-corrected chi connectivity index (χ1v) is 9.66. The lowest BCUT2D eigenvalue weighted by molar-refractivity contribution is 0.0934. The van der Waals surface area contributed by atoms with Crippen molar-refractivity contribution in [1.29, 1.82) is 0 Å². The molecular formula is C19H25N3OS. The Hall–Kier alpha value is -1.75. The molecule has 0 unspecified atom stereocenters. The van der Waals surface area contributed by atoms with Crippen LogP contribution in [-0.2, 0) is 12.8 Å². The summed E-state index contributed by atoms with van der Waals surface area (Å²) in [5.74, 6) is 0.770. The maximum Gasteiger partial charge on any atom is 0.256 e. The SMILES string of the molecule is CCC(C)(C)[C@H]1CCc2c(sc3c2C(=O)N[C@H](c2ccc[nH]2)N3)C1. The molecule has 0 radical (unpaired) electrons. The molecule has 4 nitrogen and oxygen atoms in total. The third kappa shape index (κ3) is 2.46. The fraction of sp³-hybridized carbons (Fsp3) is 0.526. The van der Waals surface area contributed by atoms with Gasteiger partial charge in [-0.05, 0) is 48.3 Å². The van der Waals surface area contributed by atoms with Crippen molar-refractivity contribution >= 4 is 22.2 Å². The molecule has 0 bridgehead atoms. The average Bonchev–Trinajstić information content (AvgIpc) is 3.21. The van der Waals surface area contributed by atoms with E-state index in [1.54, 1.807) is 11.3 Å². The van der Waals surface area contributed by atoms with Crippen molar-refractivity contribution in [3.8, 4) is 0 Å². The van der Waals surface area contributed by atoms with E-state index in [0.717, 1.165) is 29.1 Å². The van der Waals surface area contributed by atoms with Crippen molar-refractivity contribution in [2.24, 2.45) is 11.3 Å². The van der Waals surface area contributed by atoms with Crippen molar-refractivity contribution in [2.75, 3.05) is 5.32 Å². The quantitative estimate of drug-likeness (QED) is 0.770. The second kappa shape index (κ2) is 5.66. The zero-order chi connectivity index (χ0) is 16.9. The number of anilines is 1. The molecule has 0 saturated carbocycles. The monoisotopic (exact) mass is 343 g/mol. The molecule has 0 aromatic carbocycles. The van der Waals surface area contributed by atoms with Gasteiger partial charge in [0.05, 0.1) is 11.3 Å². The minimum atomic E-state index is -0.164. The fourth-order valence-electron chi connectivity index (χ4n) is 3.93. The maximum absolute atomic E-state index is 12.7. The minimum Gasteiger partial charge on any atom is -0.362 e. The topological polar surface area (TPSA) is 56.9 Å². The Kier molecular flexibility index (Phi) is 3.71. The third-order valence-electron chi connectivity index (χ3n) is 5.99. The van der Waals surface area contributed by atoms with Crippen LogP contribution in [0.1, 0.15) is 66.3 Å². The molecule has 3 N–H and O–H groups in total. The van der Waals surface area contributed by atoms with Crippen molar-refractivity contribution in [1.82, 2.24) is 10.3 Å². The molecule has 3 heterocycles. The van der Waals surface area contributed by atoms with Crippen LogP contribution in [0.15, 0.2) is 18.3 Å². The molecule has 2 atom stereocenters. The Balaban J connectivity index is 1.64. The Labute approximate surface area is 147 Å². The fourth-order valence-corrected chi connectivity index (χ4v) is 5.29. The van der Waals surface area contributed by atoms with E-state index in [0.29, 0.717) is 11.3 Å². The number of H-pyrrole nitrogens is 1. The number of carbonyl (C=O) groups excluding carboxylic acids is 1. The van der Waals surface area contributed by atoms with E-state index in [1.165, 1.54) is 23.3 Å². The summed E-state index contributed by atoms with van der Waals surface area (Å²) in [7, 11) is 0. The Morgan fingerprint density at radius 1 is 1.33 bits per heavy atom. The third-order valence-corrected chi connectivity index (χ3v) is 7.18. The second-order valence-electron chi connectivity index (χ2n) is 7.67. The molecular weight excluding hydrogens is 318 g/mol. The van der Waals surface area contributed by atoms with Crippen LogP contribution in [0, 0.1) is 11.3 Å². The van der Waals surface area contributed by atoms with Crippen LogP contribution < -0.4 is 10.6 Å². The largest absolute Gasteiger partial charge is 0.362 e. The van der Waals surface area contributed by atoms with Crippen molar-refractivity contribution < 1.29 is 4.79 Å².